The summed E-state index contributed by atoms with van der Waals surface area (Å²) in [6.45, 7) is 15.9. The van der Waals surface area contributed by atoms with E-state index in [0.29, 0.717) is 12.2 Å². The molecule has 0 N–H and O–H groups in total. The van der Waals surface area contributed by atoms with Crippen molar-refractivity contribution < 1.29 is 17.4 Å². The molecule has 0 aromatic heterocycles. The maximum Gasteiger partial charge on any atom is 0.322 e. The van der Waals surface area contributed by atoms with E-state index in [0.717, 1.165) is 18.2 Å². The highest BCUT2D eigenvalue weighted by Gasteiger charge is 2.44. The zero-order valence-electron chi connectivity index (χ0n) is 16.8. The van der Waals surface area contributed by atoms with Gasteiger partial charge >= 0.3 is 17.8 Å². The molecule has 1 heterocycles. The van der Waals surface area contributed by atoms with Gasteiger partial charge in [-0.15, -0.1) is 0 Å². The number of ether oxygens (including phenoxy) is 1. The molecule has 2 fully saturated rings. The highest BCUT2D eigenvalue weighted by molar-refractivity contribution is 6.79. The number of fused-ring (bicyclic) bond motifs is 1. The van der Waals surface area contributed by atoms with Crippen LogP contribution in [0.25, 0.3) is 0 Å². The summed E-state index contributed by atoms with van der Waals surface area (Å²) in [4.78, 5) is 0. The van der Waals surface area contributed by atoms with E-state index in [1.165, 1.54) is 25.7 Å². The first kappa shape index (κ1) is 21.0. The van der Waals surface area contributed by atoms with Gasteiger partial charge in [-0.1, -0.05) is 13.1 Å². The topological polar surface area (TPSA) is 40.2 Å². The number of rotatable bonds is 10. The van der Waals surface area contributed by atoms with Gasteiger partial charge in [-0.05, 0) is 70.4 Å². The first-order chi connectivity index (χ1) is 11.0. The normalized spacial score (nSPS) is 28.8. The molecule has 142 valence electrons. The molecule has 4 unspecified atom stereocenters. The van der Waals surface area contributed by atoms with Crippen LogP contribution in [0.5, 0.6) is 0 Å². The minimum Gasteiger partial charge on any atom is -0.439 e. The van der Waals surface area contributed by atoms with E-state index in [1.807, 2.05) is 0 Å². The van der Waals surface area contributed by atoms with Gasteiger partial charge in [0.05, 0.1) is 21.0 Å². The fraction of sp³-hybridized carbons (Fsp3) is 1.00. The first-order valence-electron chi connectivity index (χ1n) is 9.69. The van der Waals surface area contributed by atoms with Gasteiger partial charge in [0, 0.05) is 6.23 Å². The van der Waals surface area contributed by atoms with Crippen LogP contribution in [0, 0.1) is 5.92 Å². The quantitative estimate of drug-likeness (QED) is 0.409. The average molecular weight is 407 g/mol. The van der Waals surface area contributed by atoms with Crippen molar-refractivity contribution in [2.75, 3.05) is 6.23 Å². The molecule has 24 heavy (non-hydrogen) atoms. The maximum atomic E-state index is 6.55. The van der Waals surface area contributed by atoms with Gasteiger partial charge in [0.2, 0.25) is 0 Å². The lowest BCUT2D eigenvalue weighted by molar-refractivity contribution is 0.269. The highest BCUT2D eigenvalue weighted by Crippen LogP contribution is 2.41. The van der Waals surface area contributed by atoms with E-state index < -0.39 is 35.0 Å². The van der Waals surface area contributed by atoms with Crippen molar-refractivity contribution >= 4 is 35.0 Å². The zero-order chi connectivity index (χ0) is 18.0. The van der Waals surface area contributed by atoms with Crippen LogP contribution >= 0.6 is 0 Å². The molecule has 0 amide bonds. The predicted molar refractivity (Wildman–Crippen MR) is 110 cm³/mol. The standard InChI is InChI=1S/C16H38O4Si4/c1-21(2)13-17-24(6,7)20-22(19-23(3,4)5)11-10-14-8-9-15-16(12-14)18-15/h14-16,21-22H,8-13H2,1-7H3. The third-order valence-corrected chi connectivity index (χ3v) is 14.6. The summed E-state index contributed by atoms with van der Waals surface area (Å²) in [7, 11) is -5.97. The van der Waals surface area contributed by atoms with E-state index in [9.17, 15) is 0 Å². The van der Waals surface area contributed by atoms with Gasteiger partial charge in [0.25, 0.3) is 0 Å². The van der Waals surface area contributed by atoms with Crippen molar-refractivity contribution in [3.63, 3.8) is 0 Å². The van der Waals surface area contributed by atoms with Gasteiger partial charge in [-0.3, -0.25) is 0 Å². The molecule has 4 atom stereocenters. The van der Waals surface area contributed by atoms with Crippen LogP contribution < -0.4 is 0 Å². The molecule has 1 saturated heterocycles. The molecule has 1 aliphatic heterocycles. The predicted octanol–water partition coefficient (Wildman–Crippen LogP) is 3.78. The van der Waals surface area contributed by atoms with Gasteiger partial charge < -0.3 is 17.4 Å². The molecule has 0 spiro atoms. The SMILES string of the molecule is C[SiH](C)CO[Si](C)(C)O[SiH](CCC1CCC2OC2C1)O[Si](C)(C)C. The fourth-order valence-electron chi connectivity index (χ4n) is 3.37. The Balaban J connectivity index is 1.83. The molecule has 4 nitrogen and oxygen atoms in total. The average Bonchev–Trinajstić information content (AvgIpc) is 3.19. The number of hydrogen-bond donors (Lipinski definition) is 0. The zero-order valence-corrected chi connectivity index (χ0v) is 21.1. The van der Waals surface area contributed by atoms with Crippen molar-refractivity contribution in [3.05, 3.63) is 0 Å². The smallest absolute Gasteiger partial charge is 0.322 e. The molecule has 0 aromatic carbocycles. The van der Waals surface area contributed by atoms with Crippen molar-refractivity contribution in [1.82, 2.24) is 0 Å². The minimum atomic E-state index is -2.05. The Bertz CT molecular complexity index is 400. The minimum absolute atomic E-state index is 0.577. The Hall–Kier alpha value is 0.708. The maximum absolute atomic E-state index is 6.55. The molecule has 0 radical (unpaired) electrons. The van der Waals surface area contributed by atoms with Crippen molar-refractivity contribution in [2.24, 2.45) is 5.92 Å². The summed E-state index contributed by atoms with van der Waals surface area (Å²) in [6.07, 6.45) is 7.20. The summed E-state index contributed by atoms with van der Waals surface area (Å²) in [6, 6.07) is 1.13. The van der Waals surface area contributed by atoms with Crippen molar-refractivity contribution in [3.8, 4) is 0 Å². The Morgan fingerprint density at radius 3 is 2.29 bits per heavy atom. The molecule has 8 heteroatoms. The van der Waals surface area contributed by atoms with Crippen molar-refractivity contribution in [2.45, 2.75) is 89.8 Å². The van der Waals surface area contributed by atoms with Gasteiger partial charge in [-0.2, -0.15) is 0 Å². The van der Waals surface area contributed by atoms with Crippen LogP contribution in [0.1, 0.15) is 25.7 Å². The van der Waals surface area contributed by atoms with Crippen LogP contribution in [0.3, 0.4) is 0 Å². The summed E-state index contributed by atoms with van der Waals surface area (Å²) in [5.41, 5.74) is 0. The van der Waals surface area contributed by atoms with E-state index in [2.05, 4.69) is 45.8 Å². The van der Waals surface area contributed by atoms with E-state index in [1.54, 1.807) is 0 Å². The second-order valence-electron chi connectivity index (χ2n) is 9.35. The first-order valence-corrected chi connectivity index (χ1v) is 20.8. The largest absolute Gasteiger partial charge is 0.439 e. The lowest BCUT2D eigenvalue weighted by atomic mass is 9.88. The summed E-state index contributed by atoms with van der Waals surface area (Å²) < 4.78 is 24.9. The number of hydrogen-bond acceptors (Lipinski definition) is 4. The van der Waals surface area contributed by atoms with E-state index in [4.69, 9.17) is 17.4 Å². The lowest BCUT2D eigenvalue weighted by Crippen LogP contribution is -2.47. The molecule has 2 rings (SSSR count). The Morgan fingerprint density at radius 2 is 1.71 bits per heavy atom. The summed E-state index contributed by atoms with van der Waals surface area (Å²) in [5, 5.41) is 0. The molecular weight excluding hydrogens is 369 g/mol. The molecule has 0 bridgehead atoms. The molecule has 1 saturated carbocycles. The Morgan fingerprint density at radius 1 is 1.00 bits per heavy atom. The Labute approximate surface area is 154 Å². The van der Waals surface area contributed by atoms with Gasteiger partial charge in [0.1, 0.15) is 0 Å². The van der Waals surface area contributed by atoms with Crippen LogP contribution in [0.15, 0.2) is 0 Å². The van der Waals surface area contributed by atoms with Crippen molar-refractivity contribution in [1.29, 1.82) is 0 Å². The molecule has 0 aromatic rings. The third-order valence-electron chi connectivity index (χ3n) is 4.59. The molecular formula is C16H38O4Si4. The van der Waals surface area contributed by atoms with E-state index in [-0.39, 0.29) is 0 Å². The van der Waals surface area contributed by atoms with Crippen LogP contribution in [-0.4, -0.2) is 53.4 Å². The lowest BCUT2D eigenvalue weighted by Gasteiger charge is -2.33. The second-order valence-corrected chi connectivity index (χ2v) is 23.1. The van der Waals surface area contributed by atoms with Gasteiger partial charge in [-0.25, -0.2) is 0 Å². The highest BCUT2D eigenvalue weighted by atomic mass is 28.5. The summed E-state index contributed by atoms with van der Waals surface area (Å²) in [5.74, 6) is 0.811. The monoisotopic (exact) mass is 406 g/mol. The molecule has 1 aliphatic carbocycles. The van der Waals surface area contributed by atoms with E-state index >= 15 is 0 Å². The van der Waals surface area contributed by atoms with Gasteiger partial charge in [0.15, 0.2) is 8.32 Å². The van der Waals surface area contributed by atoms with Crippen LogP contribution in [0.4, 0.5) is 0 Å². The second kappa shape index (κ2) is 8.60. The Kier molecular flexibility index (Phi) is 7.53. The van der Waals surface area contributed by atoms with Crippen LogP contribution in [0.2, 0.25) is 51.9 Å². The fourth-order valence-corrected chi connectivity index (χ4v) is 14.6. The molecule has 2 aliphatic rings. The third kappa shape index (κ3) is 7.94. The number of epoxide rings is 1. The summed E-state index contributed by atoms with van der Waals surface area (Å²) >= 11 is 0. The van der Waals surface area contributed by atoms with Crippen LogP contribution in [-0.2, 0) is 17.4 Å².